The number of piperidine rings is 2. The van der Waals surface area contributed by atoms with E-state index in [-0.39, 0.29) is 0 Å². The van der Waals surface area contributed by atoms with Crippen LogP contribution in [0.3, 0.4) is 0 Å². The third-order valence-electron chi connectivity index (χ3n) is 6.70. The number of carboxylic acids is 1. The largest absolute Gasteiger partial charge is 0.490 e. The van der Waals surface area contributed by atoms with Crippen LogP contribution in [0.25, 0.3) is 0 Å². The number of nitrogens with zero attached hydrogens (tertiary/aromatic N) is 2. The summed E-state index contributed by atoms with van der Waals surface area (Å²) in [7, 11) is 1.78. The number of alkyl halides is 3. The first kappa shape index (κ1) is 24.9. The molecule has 3 fully saturated rings. The summed E-state index contributed by atoms with van der Waals surface area (Å²) in [6, 6.07) is 0. The molecule has 0 atom stereocenters. The molecule has 3 aliphatic rings. The molecule has 0 bridgehead atoms. The summed E-state index contributed by atoms with van der Waals surface area (Å²) in [6.45, 7) is 6.27. The molecular formula is C21H35F3N2O4. The van der Waals surface area contributed by atoms with Gasteiger partial charge in [0, 0.05) is 32.7 Å². The zero-order chi connectivity index (χ0) is 22.2. The summed E-state index contributed by atoms with van der Waals surface area (Å²) in [4.78, 5) is 26.5. The molecule has 0 unspecified atom stereocenters. The molecule has 174 valence electrons. The van der Waals surface area contributed by atoms with Gasteiger partial charge < -0.3 is 19.6 Å². The Morgan fingerprint density at radius 1 is 1.03 bits per heavy atom. The fourth-order valence-electron chi connectivity index (χ4n) is 4.88. The quantitative estimate of drug-likeness (QED) is 0.730. The number of carbonyl (C=O) groups is 2. The monoisotopic (exact) mass is 436 g/mol. The summed E-state index contributed by atoms with van der Waals surface area (Å²) in [5, 5.41) is 7.12. The summed E-state index contributed by atoms with van der Waals surface area (Å²) in [5.41, 5.74) is 0.409. The van der Waals surface area contributed by atoms with Crippen molar-refractivity contribution in [2.45, 2.75) is 64.0 Å². The number of rotatable bonds is 4. The van der Waals surface area contributed by atoms with E-state index in [1.165, 1.54) is 58.0 Å². The van der Waals surface area contributed by atoms with Crippen molar-refractivity contribution in [1.82, 2.24) is 9.80 Å². The Balaban J connectivity index is 0.000000396. The lowest BCUT2D eigenvalue weighted by molar-refractivity contribution is -0.192. The van der Waals surface area contributed by atoms with Gasteiger partial charge in [-0.05, 0) is 57.0 Å². The van der Waals surface area contributed by atoms with Gasteiger partial charge in [0.25, 0.3) is 0 Å². The van der Waals surface area contributed by atoms with Gasteiger partial charge in [-0.2, -0.15) is 13.2 Å². The van der Waals surface area contributed by atoms with E-state index in [1.54, 1.807) is 7.11 Å². The maximum Gasteiger partial charge on any atom is 0.490 e. The van der Waals surface area contributed by atoms with Crippen LogP contribution >= 0.6 is 0 Å². The minimum Gasteiger partial charge on any atom is -0.475 e. The minimum atomic E-state index is -5.08. The number of methoxy groups -OCH3 is 1. The van der Waals surface area contributed by atoms with Crippen molar-refractivity contribution in [3.8, 4) is 0 Å². The number of hydrogen-bond donors (Lipinski definition) is 1. The van der Waals surface area contributed by atoms with Gasteiger partial charge in [-0.25, -0.2) is 4.79 Å². The van der Waals surface area contributed by atoms with Crippen molar-refractivity contribution < 1.29 is 32.6 Å². The maximum atomic E-state index is 12.9. The highest BCUT2D eigenvalue weighted by molar-refractivity contribution is 5.79. The highest BCUT2D eigenvalue weighted by Gasteiger charge is 2.41. The molecule has 2 saturated heterocycles. The Labute approximate surface area is 176 Å². The number of carbonyl (C=O) groups excluding carboxylic acids is 1. The van der Waals surface area contributed by atoms with E-state index in [0.717, 1.165) is 39.1 Å². The van der Waals surface area contributed by atoms with Gasteiger partial charge >= 0.3 is 12.1 Å². The second-order valence-electron chi connectivity index (χ2n) is 8.84. The van der Waals surface area contributed by atoms with E-state index in [4.69, 9.17) is 14.6 Å². The van der Waals surface area contributed by atoms with Crippen LogP contribution in [0.1, 0.15) is 57.8 Å². The standard InChI is InChI=1S/C19H34N2O2.C2HF3O2/c1-23-15-14-20-12-9-19(10-13-20)8-5-11-21(16-19)18(22)17-6-3-2-4-7-17;3-2(4,5)1(6)7/h17H,2-16H2,1H3;(H,6,7). The first-order valence-electron chi connectivity index (χ1n) is 11.0. The molecule has 1 saturated carbocycles. The van der Waals surface area contributed by atoms with Gasteiger partial charge in [-0.15, -0.1) is 0 Å². The topological polar surface area (TPSA) is 70.1 Å². The fraction of sp³-hybridized carbons (Fsp3) is 0.905. The van der Waals surface area contributed by atoms with Crippen LogP contribution in [0.5, 0.6) is 0 Å². The van der Waals surface area contributed by atoms with Gasteiger partial charge in [-0.1, -0.05) is 19.3 Å². The molecular weight excluding hydrogens is 401 g/mol. The molecule has 0 aromatic rings. The molecule has 9 heteroatoms. The Kier molecular flexibility index (Phi) is 9.40. The van der Waals surface area contributed by atoms with Crippen molar-refractivity contribution in [3.63, 3.8) is 0 Å². The lowest BCUT2D eigenvalue weighted by Gasteiger charge is -2.48. The van der Waals surface area contributed by atoms with Crippen molar-refractivity contribution in [2.24, 2.45) is 11.3 Å². The average molecular weight is 437 g/mol. The van der Waals surface area contributed by atoms with Crippen molar-refractivity contribution in [1.29, 1.82) is 0 Å². The highest BCUT2D eigenvalue weighted by Crippen LogP contribution is 2.40. The van der Waals surface area contributed by atoms with E-state index in [0.29, 0.717) is 17.2 Å². The molecule has 2 aliphatic heterocycles. The number of amides is 1. The van der Waals surface area contributed by atoms with E-state index < -0.39 is 12.1 Å². The van der Waals surface area contributed by atoms with Gasteiger partial charge in [-0.3, -0.25) is 4.79 Å². The van der Waals surface area contributed by atoms with Crippen LogP contribution in [0.4, 0.5) is 13.2 Å². The lowest BCUT2D eigenvalue weighted by atomic mass is 9.72. The first-order chi connectivity index (χ1) is 14.2. The SMILES string of the molecule is COCCN1CCC2(CCCN(C(=O)C3CCCCC3)C2)CC1.O=C(O)C(F)(F)F. The molecule has 2 heterocycles. The molecule has 3 rings (SSSR count). The van der Waals surface area contributed by atoms with Crippen molar-refractivity contribution in [3.05, 3.63) is 0 Å². The van der Waals surface area contributed by atoms with Gasteiger partial charge in [0.15, 0.2) is 0 Å². The molecule has 0 aromatic heterocycles. The Bertz CT molecular complexity index is 557. The van der Waals surface area contributed by atoms with E-state index in [1.807, 2.05) is 0 Å². The summed E-state index contributed by atoms with van der Waals surface area (Å²) in [5.74, 6) is -1.95. The Hall–Kier alpha value is -1.35. The molecule has 30 heavy (non-hydrogen) atoms. The zero-order valence-corrected chi connectivity index (χ0v) is 17.9. The van der Waals surface area contributed by atoms with Gasteiger partial charge in [0.1, 0.15) is 0 Å². The van der Waals surface area contributed by atoms with Crippen LogP contribution in [0.2, 0.25) is 0 Å². The molecule has 0 aromatic carbocycles. The second kappa shape index (κ2) is 11.3. The molecule has 0 radical (unpaired) electrons. The molecule has 1 spiro atoms. The first-order valence-corrected chi connectivity index (χ1v) is 11.0. The Morgan fingerprint density at radius 3 is 2.17 bits per heavy atom. The summed E-state index contributed by atoms with van der Waals surface area (Å²) in [6.07, 6.45) is 6.05. The predicted molar refractivity (Wildman–Crippen MR) is 106 cm³/mol. The molecule has 6 nitrogen and oxygen atoms in total. The second-order valence-corrected chi connectivity index (χ2v) is 8.84. The summed E-state index contributed by atoms with van der Waals surface area (Å²) >= 11 is 0. The predicted octanol–water partition coefficient (Wildman–Crippen LogP) is 3.55. The van der Waals surface area contributed by atoms with E-state index >= 15 is 0 Å². The number of ether oxygens (including phenoxy) is 1. The van der Waals surface area contributed by atoms with Crippen molar-refractivity contribution in [2.75, 3.05) is 46.4 Å². The summed E-state index contributed by atoms with van der Waals surface area (Å²) < 4.78 is 36.9. The fourth-order valence-corrected chi connectivity index (χ4v) is 4.88. The highest BCUT2D eigenvalue weighted by atomic mass is 19.4. The van der Waals surface area contributed by atoms with E-state index in [2.05, 4.69) is 9.80 Å². The average Bonchev–Trinajstić information content (AvgIpc) is 2.73. The number of likely N-dealkylation sites (tertiary alicyclic amines) is 2. The Morgan fingerprint density at radius 2 is 1.63 bits per heavy atom. The van der Waals surface area contributed by atoms with Gasteiger partial charge in [0.05, 0.1) is 6.61 Å². The number of carboxylic acid groups (broad SMARTS) is 1. The third kappa shape index (κ3) is 7.41. The number of halogens is 3. The normalized spacial score (nSPS) is 23.0. The zero-order valence-electron chi connectivity index (χ0n) is 17.9. The molecule has 1 aliphatic carbocycles. The van der Waals surface area contributed by atoms with Gasteiger partial charge in [0.2, 0.25) is 5.91 Å². The van der Waals surface area contributed by atoms with Crippen LogP contribution < -0.4 is 0 Å². The minimum absolute atomic E-state index is 0.334. The van der Waals surface area contributed by atoms with Crippen LogP contribution in [0.15, 0.2) is 0 Å². The number of aliphatic carboxylic acids is 1. The van der Waals surface area contributed by atoms with Crippen molar-refractivity contribution >= 4 is 11.9 Å². The maximum absolute atomic E-state index is 12.9. The molecule has 1 N–H and O–H groups in total. The lowest BCUT2D eigenvalue weighted by Crippen LogP contribution is -2.52. The van der Waals surface area contributed by atoms with Crippen LogP contribution in [-0.4, -0.2) is 79.4 Å². The third-order valence-corrected chi connectivity index (χ3v) is 6.70. The van der Waals surface area contributed by atoms with Crippen LogP contribution in [0, 0.1) is 11.3 Å². The smallest absolute Gasteiger partial charge is 0.475 e. The molecule has 1 amide bonds. The van der Waals surface area contributed by atoms with Crippen LogP contribution in [-0.2, 0) is 14.3 Å². The number of hydrogen-bond acceptors (Lipinski definition) is 4. The van der Waals surface area contributed by atoms with E-state index in [9.17, 15) is 18.0 Å².